The molecule has 8 heteroatoms. The van der Waals surface area contributed by atoms with Gasteiger partial charge in [-0.15, -0.1) is 0 Å². The molecule has 1 aliphatic rings. The predicted octanol–water partition coefficient (Wildman–Crippen LogP) is 5.37. The van der Waals surface area contributed by atoms with Crippen LogP contribution >= 0.6 is 0 Å². The SMILES string of the molecule is C=C(C)N1CC(N(C(=O)Nc2ccc(C)nc2OC(F)F)c2ccccc2C(C)C)C1. The summed E-state index contributed by atoms with van der Waals surface area (Å²) in [6.07, 6.45) is 0. The van der Waals surface area contributed by atoms with Gasteiger partial charge in [-0.3, -0.25) is 4.90 Å². The number of hydrogen-bond donors (Lipinski definition) is 1. The van der Waals surface area contributed by atoms with Gasteiger partial charge in [0.2, 0.25) is 5.88 Å². The molecule has 6 nitrogen and oxygen atoms in total. The van der Waals surface area contributed by atoms with Crippen LogP contribution in [0.2, 0.25) is 0 Å². The smallest absolute Gasteiger partial charge is 0.388 e. The van der Waals surface area contributed by atoms with Crippen molar-refractivity contribution in [2.45, 2.75) is 46.3 Å². The Morgan fingerprint density at radius 3 is 2.55 bits per heavy atom. The van der Waals surface area contributed by atoms with Crippen molar-refractivity contribution in [3.8, 4) is 5.88 Å². The van der Waals surface area contributed by atoms with Crippen molar-refractivity contribution in [3.63, 3.8) is 0 Å². The predicted molar refractivity (Wildman–Crippen MR) is 118 cm³/mol. The maximum Gasteiger partial charge on any atom is 0.388 e. The number of aromatic nitrogens is 1. The molecule has 0 aliphatic carbocycles. The summed E-state index contributed by atoms with van der Waals surface area (Å²) in [7, 11) is 0. The van der Waals surface area contributed by atoms with Gasteiger partial charge >= 0.3 is 12.6 Å². The molecule has 1 aliphatic heterocycles. The number of carbonyl (C=O) groups is 1. The number of nitrogens with zero attached hydrogens (tertiary/aromatic N) is 3. The van der Waals surface area contributed by atoms with Crippen LogP contribution in [0.5, 0.6) is 5.88 Å². The standard InChI is InChI=1S/C23H28F2N4O2/c1-14(2)18-8-6-7-9-20(18)29(17-12-28(13-17)15(3)4)23(30)27-19-11-10-16(5)26-21(19)31-22(24)25/h6-11,14,17,22H,3,12-13H2,1-2,4-5H3,(H,27,30). The van der Waals surface area contributed by atoms with Crippen molar-refractivity contribution in [2.75, 3.05) is 23.3 Å². The van der Waals surface area contributed by atoms with E-state index in [1.54, 1.807) is 17.9 Å². The summed E-state index contributed by atoms with van der Waals surface area (Å²) in [5.74, 6) is -0.111. The van der Waals surface area contributed by atoms with Gasteiger partial charge < -0.3 is 15.0 Å². The summed E-state index contributed by atoms with van der Waals surface area (Å²) >= 11 is 0. The number of pyridine rings is 1. The molecular formula is C23H28F2N4O2. The lowest BCUT2D eigenvalue weighted by molar-refractivity contribution is -0.0523. The number of amides is 2. The van der Waals surface area contributed by atoms with Crippen LogP contribution in [0.4, 0.5) is 25.0 Å². The molecule has 2 amide bonds. The second kappa shape index (κ2) is 9.32. The minimum atomic E-state index is -3.04. The van der Waals surface area contributed by atoms with Gasteiger partial charge in [0.1, 0.15) is 5.69 Å². The van der Waals surface area contributed by atoms with E-state index in [1.807, 2.05) is 31.2 Å². The van der Waals surface area contributed by atoms with E-state index in [1.165, 1.54) is 6.07 Å². The van der Waals surface area contributed by atoms with Crippen LogP contribution in [-0.2, 0) is 0 Å². The van der Waals surface area contributed by atoms with E-state index in [9.17, 15) is 13.6 Å². The van der Waals surface area contributed by atoms with E-state index < -0.39 is 12.6 Å². The molecule has 2 aromatic rings. The van der Waals surface area contributed by atoms with Crippen molar-refractivity contribution in [1.82, 2.24) is 9.88 Å². The minimum Gasteiger partial charge on any atom is -0.415 e. The highest BCUT2D eigenvalue weighted by molar-refractivity contribution is 6.03. The van der Waals surface area contributed by atoms with Crippen LogP contribution in [0.1, 0.15) is 37.9 Å². The molecule has 0 atom stereocenters. The van der Waals surface area contributed by atoms with Crippen molar-refractivity contribution in [2.24, 2.45) is 0 Å². The van der Waals surface area contributed by atoms with Crippen LogP contribution in [-0.4, -0.2) is 41.7 Å². The molecule has 1 aromatic carbocycles. The molecule has 1 aromatic heterocycles. The Kier molecular flexibility index (Phi) is 6.77. The van der Waals surface area contributed by atoms with E-state index in [0.717, 1.165) is 16.9 Å². The Morgan fingerprint density at radius 2 is 1.94 bits per heavy atom. The first-order valence-electron chi connectivity index (χ1n) is 10.2. The number of hydrogen-bond acceptors (Lipinski definition) is 4. The summed E-state index contributed by atoms with van der Waals surface area (Å²) in [6, 6.07) is 10.4. The maximum absolute atomic E-state index is 13.4. The largest absolute Gasteiger partial charge is 0.415 e. The Balaban J connectivity index is 1.94. The number of anilines is 2. The molecule has 166 valence electrons. The number of likely N-dealkylation sites (tertiary alicyclic amines) is 1. The second-order valence-corrected chi connectivity index (χ2v) is 7.99. The van der Waals surface area contributed by atoms with Crippen molar-refractivity contribution in [1.29, 1.82) is 0 Å². The number of aryl methyl sites for hydroxylation is 1. The van der Waals surface area contributed by atoms with Gasteiger partial charge in [-0.25, -0.2) is 9.78 Å². The lowest BCUT2D eigenvalue weighted by Crippen LogP contribution is -2.61. The van der Waals surface area contributed by atoms with Gasteiger partial charge in [0.25, 0.3) is 0 Å². The fourth-order valence-corrected chi connectivity index (χ4v) is 3.58. The number of urea groups is 1. The zero-order valence-electron chi connectivity index (χ0n) is 18.2. The number of allylic oxidation sites excluding steroid dienone is 1. The first kappa shape index (κ1) is 22.5. The number of halogens is 2. The number of nitrogens with one attached hydrogen (secondary N) is 1. The summed E-state index contributed by atoms with van der Waals surface area (Å²) in [4.78, 5) is 21.2. The molecule has 31 heavy (non-hydrogen) atoms. The molecule has 1 fully saturated rings. The molecule has 2 heterocycles. The summed E-state index contributed by atoms with van der Waals surface area (Å²) in [6.45, 7) is 9.91. The number of ether oxygens (including phenoxy) is 1. The molecule has 0 radical (unpaired) electrons. The quantitative estimate of drug-likeness (QED) is 0.642. The third-order valence-electron chi connectivity index (χ3n) is 5.25. The molecule has 0 unspecified atom stereocenters. The zero-order valence-corrected chi connectivity index (χ0v) is 18.2. The van der Waals surface area contributed by atoms with Crippen LogP contribution in [0.3, 0.4) is 0 Å². The number of benzene rings is 1. The molecule has 0 bridgehead atoms. The van der Waals surface area contributed by atoms with Crippen molar-refractivity contribution in [3.05, 3.63) is 59.9 Å². The van der Waals surface area contributed by atoms with E-state index >= 15 is 0 Å². The van der Waals surface area contributed by atoms with Crippen LogP contribution in [0.25, 0.3) is 0 Å². The van der Waals surface area contributed by atoms with Crippen LogP contribution in [0, 0.1) is 6.92 Å². The Morgan fingerprint density at radius 1 is 1.26 bits per heavy atom. The van der Waals surface area contributed by atoms with Gasteiger partial charge in [-0.2, -0.15) is 8.78 Å². The topological polar surface area (TPSA) is 57.7 Å². The fraction of sp³-hybridized carbons (Fsp3) is 0.391. The average molecular weight is 430 g/mol. The average Bonchev–Trinajstić information content (AvgIpc) is 2.65. The highest BCUT2D eigenvalue weighted by Crippen LogP contribution is 2.33. The zero-order chi connectivity index (χ0) is 22.7. The summed E-state index contributed by atoms with van der Waals surface area (Å²) in [5.41, 5.74) is 3.35. The van der Waals surface area contributed by atoms with Crippen molar-refractivity contribution >= 4 is 17.4 Å². The molecule has 0 saturated carbocycles. The highest BCUT2D eigenvalue weighted by atomic mass is 19.3. The lowest BCUT2D eigenvalue weighted by Gasteiger charge is -2.47. The molecular weight excluding hydrogens is 402 g/mol. The Hall–Kier alpha value is -3.16. The second-order valence-electron chi connectivity index (χ2n) is 7.99. The number of para-hydroxylation sites is 1. The maximum atomic E-state index is 13.4. The van der Waals surface area contributed by atoms with Crippen LogP contribution < -0.4 is 15.0 Å². The van der Waals surface area contributed by atoms with E-state index in [2.05, 4.69) is 40.4 Å². The monoisotopic (exact) mass is 430 g/mol. The van der Waals surface area contributed by atoms with Gasteiger partial charge in [-0.05, 0) is 43.5 Å². The third kappa shape index (κ3) is 5.13. The number of rotatable bonds is 7. The van der Waals surface area contributed by atoms with Gasteiger partial charge in [-0.1, -0.05) is 38.6 Å². The van der Waals surface area contributed by atoms with Crippen LogP contribution in [0.15, 0.2) is 48.7 Å². The Labute approximate surface area is 181 Å². The molecule has 0 spiro atoms. The normalized spacial score (nSPS) is 13.9. The number of alkyl halides is 2. The Bertz CT molecular complexity index is 958. The molecule has 1 N–H and O–H groups in total. The van der Waals surface area contributed by atoms with E-state index in [-0.39, 0.29) is 23.5 Å². The highest BCUT2D eigenvalue weighted by Gasteiger charge is 2.37. The summed E-state index contributed by atoms with van der Waals surface area (Å²) < 4.78 is 30.2. The minimum absolute atomic E-state index is 0.0884. The van der Waals surface area contributed by atoms with Crippen molar-refractivity contribution < 1.29 is 18.3 Å². The van der Waals surface area contributed by atoms with Gasteiger partial charge in [0.15, 0.2) is 0 Å². The fourth-order valence-electron chi connectivity index (χ4n) is 3.58. The third-order valence-corrected chi connectivity index (χ3v) is 5.25. The van der Waals surface area contributed by atoms with E-state index in [4.69, 9.17) is 0 Å². The lowest BCUT2D eigenvalue weighted by atomic mass is 9.98. The van der Waals surface area contributed by atoms with Gasteiger partial charge in [0, 0.05) is 30.2 Å². The van der Waals surface area contributed by atoms with Gasteiger partial charge in [0.05, 0.1) is 6.04 Å². The number of carbonyl (C=O) groups excluding carboxylic acids is 1. The molecule has 3 rings (SSSR count). The first-order chi connectivity index (χ1) is 14.7. The first-order valence-corrected chi connectivity index (χ1v) is 10.2. The molecule has 1 saturated heterocycles. The summed E-state index contributed by atoms with van der Waals surface area (Å²) in [5, 5.41) is 2.73. The van der Waals surface area contributed by atoms with E-state index in [0.29, 0.717) is 18.8 Å².